The van der Waals surface area contributed by atoms with Crippen molar-refractivity contribution in [3.8, 4) is 28.0 Å². The van der Waals surface area contributed by atoms with Crippen LogP contribution in [0.25, 0.3) is 44.2 Å². The maximum Gasteiger partial charge on any atom is 0.534 e. The van der Waals surface area contributed by atoms with Crippen LogP contribution >= 0.6 is 0 Å². The van der Waals surface area contributed by atoms with Crippen molar-refractivity contribution in [3.05, 3.63) is 103 Å². The standard InChI is InChI=1S/C26H32B2O5.C16H11F3O4S.C12H24B2O4.CH4/c1-23(2)24(3,4)31-27(30-23)18-11-9-17(10-12-18)19-13-14-21(22-20(19)15-16-29-22)28-32-25(5,6)26(7,8)33-28;1-10-2-7-13(14-8-9-22-15(10)14)11-3-5-12(6-4-11)23-24(20,21)16(17,18)19;1-9(2)10(3,4)16-13(15-9)14-17-11(5,6)12(7,8)18-14;/h9-16H,1-8H3;2-9H,1H3;1-8H3;1H4. The van der Waals surface area contributed by atoms with Crippen molar-refractivity contribution < 1.29 is 71.8 Å². The molecule has 21 heteroatoms. The number of alkyl halides is 3. The van der Waals surface area contributed by atoms with E-state index in [2.05, 4.69) is 89.9 Å². The van der Waals surface area contributed by atoms with E-state index >= 15 is 0 Å². The van der Waals surface area contributed by atoms with Gasteiger partial charge in [0.05, 0.1) is 57.3 Å². The summed E-state index contributed by atoms with van der Waals surface area (Å²) < 4.78 is 123. The Morgan fingerprint density at radius 1 is 0.447 bits per heavy atom. The largest absolute Gasteiger partial charge is 0.534 e. The van der Waals surface area contributed by atoms with Gasteiger partial charge in [0.1, 0.15) is 16.9 Å². The van der Waals surface area contributed by atoms with E-state index < -0.39 is 53.7 Å². The highest BCUT2D eigenvalue weighted by atomic mass is 32.2. The molecule has 0 unspecified atom stereocenters. The summed E-state index contributed by atoms with van der Waals surface area (Å²) in [4.78, 5) is 0. The van der Waals surface area contributed by atoms with Gasteiger partial charge < -0.3 is 50.3 Å². The molecule has 2 aromatic heterocycles. The van der Waals surface area contributed by atoms with Gasteiger partial charge >= 0.3 is 43.9 Å². The van der Waals surface area contributed by atoms with Gasteiger partial charge in [-0.05, 0) is 175 Å². The Kier molecular flexibility index (Phi) is 15.5. The van der Waals surface area contributed by atoms with E-state index in [4.69, 9.17) is 46.1 Å². The molecule has 0 radical (unpaired) electrons. The lowest BCUT2D eigenvalue weighted by atomic mass is 9.49. The average molecular weight is 1070 g/mol. The highest BCUT2D eigenvalue weighted by molar-refractivity contribution is 7.88. The minimum Gasteiger partial charge on any atom is -0.465 e. The first-order valence-electron chi connectivity index (χ1n) is 25.0. The first-order valence-corrected chi connectivity index (χ1v) is 26.4. The van der Waals surface area contributed by atoms with Crippen LogP contribution in [0.4, 0.5) is 13.2 Å². The minimum atomic E-state index is -5.67. The molecule has 4 aromatic carbocycles. The molecule has 0 spiro atoms. The van der Waals surface area contributed by atoms with E-state index in [1.54, 1.807) is 18.6 Å². The quantitative estimate of drug-likeness (QED) is 0.0851. The predicted molar refractivity (Wildman–Crippen MR) is 294 cm³/mol. The van der Waals surface area contributed by atoms with Crippen molar-refractivity contribution in [1.29, 1.82) is 0 Å². The summed E-state index contributed by atoms with van der Waals surface area (Å²) in [5, 5.41) is 1.89. The molecule has 0 amide bonds. The zero-order chi connectivity index (χ0) is 55.3. The van der Waals surface area contributed by atoms with Crippen LogP contribution < -0.4 is 15.1 Å². The van der Waals surface area contributed by atoms with E-state index in [1.807, 2.05) is 86.6 Å². The zero-order valence-corrected chi connectivity index (χ0v) is 46.7. The molecule has 408 valence electrons. The zero-order valence-electron chi connectivity index (χ0n) is 45.9. The molecule has 0 saturated carbocycles. The SMILES string of the molecule is C.CC1(C)OB(B2OC(C)(C)C(C)(C)O2)OC1(C)C.CC1(C)OB(c2ccc(-c3ccc(B4OC(C)(C)C(C)(C)O4)c4occc34)cc2)OC1(C)C.Cc1ccc(-c2ccc(OS(=O)(=O)C(F)(F)F)cc2)c2ccoc12. The van der Waals surface area contributed by atoms with Gasteiger partial charge in [0.25, 0.3) is 0 Å². The molecule has 10 rings (SSSR count). The van der Waals surface area contributed by atoms with Crippen molar-refractivity contribution in [2.45, 2.75) is 175 Å². The second kappa shape index (κ2) is 20.0. The average Bonchev–Trinajstić information content (AvgIpc) is 4.13. The molecule has 0 aliphatic carbocycles. The van der Waals surface area contributed by atoms with Gasteiger partial charge in [0.15, 0.2) is 0 Å². The summed E-state index contributed by atoms with van der Waals surface area (Å²) in [6.07, 6.45) is 3.27. The molecular weight excluding hydrogens is 1000 g/mol. The molecule has 4 saturated heterocycles. The second-order valence-electron chi connectivity index (χ2n) is 23.5. The van der Waals surface area contributed by atoms with Crippen molar-refractivity contribution in [2.75, 3.05) is 0 Å². The molecule has 0 atom stereocenters. The van der Waals surface area contributed by atoms with Crippen LogP contribution in [0, 0.1) is 6.92 Å². The third-order valence-electron chi connectivity index (χ3n) is 16.1. The molecule has 4 aliphatic rings. The molecule has 13 nitrogen and oxygen atoms in total. The smallest absolute Gasteiger partial charge is 0.465 e. The highest BCUT2D eigenvalue weighted by Gasteiger charge is 2.64. The van der Waals surface area contributed by atoms with Crippen molar-refractivity contribution in [3.63, 3.8) is 0 Å². The first-order chi connectivity index (χ1) is 34.4. The minimum absolute atomic E-state index is 0. The molecule has 6 heterocycles. The van der Waals surface area contributed by atoms with Gasteiger partial charge in [0, 0.05) is 16.2 Å². The summed E-state index contributed by atoms with van der Waals surface area (Å²) in [7, 11) is -7.47. The number of fused-ring (bicyclic) bond motifs is 2. The van der Waals surface area contributed by atoms with Crippen molar-refractivity contribution in [2.24, 2.45) is 0 Å². The van der Waals surface area contributed by atoms with Crippen LogP contribution in [-0.4, -0.2) is 87.0 Å². The maximum absolute atomic E-state index is 12.3. The summed E-state index contributed by atoms with van der Waals surface area (Å²) in [6.45, 7) is 34.6. The Balaban J connectivity index is 0.000000173. The molecule has 6 aromatic rings. The fraction of sp³-hybridized carbons (Fsp3) is 0.491. The number of furan rings is 2. The van der Waals surface area contributed by atoms with E-state index in [0.29, 0.717) is 11.1 Å². The first kappa shape index (κ1) is 59.1. The number of benzene rings is 4. The van der Waals surface area contributed by atoms with Crippen molar-refractivity contribution in [1.82, 2.24) is 0 Å². The number of aryl methyl sites for hydroxylation is 1. The fourth-order valence-electron chi connectivity index (χ4n) is 8.61. The Hall–Kier alpha value is -4.56. The topological polar surface area (TPSA) is 143 Å². The van der Waals surface area contributed by atoms with Crippen LogP contribution in [0.1, 0.15) is 124 Å². The summed E-state index contributed by atoms with van der Waals surface area (Å²) in [5.74, 6) is -0.411. The number of rotatable bonds is 7. The lowest BCUT2D eigenvalue weighted by Crippen LogP contribution is -2.41. The normalized spacial score (nSPS) is 21.5. The highest BCUT2D eigenvalue weighted by Crippen LogP contribution is 2.44. The second-order valence-corrected chi connectivity index (χ2v) is 25.1. The lowest BCUT2D eigenvalue weighted by molar-refractivity contribution is -0.0500. The Morgan fingerprint density at radius 2 is 0.803 bits per heavy atom. The third kappa shape index (κ3) is 11.1. The van der Waals surface area contributed by atoms with E-state index in [1.165, 1.54) is 24.3 Å². The third-order valence-corrected chi connectivity index (χ3v) is 17.1. The Labute approximate surface area is 447 Å². The fourth-order valence-corrected chi connectivity index (χ4v) is 9.06. The molecule has 4 fully saturated rings. The molecular formula is C55H71B4F3O13S. The van der Waals surface area contributed by atoms with Crippen LogP contribution in [0.3, 0.4) is 0 Å². The van der Waals surface area contributed by atoms with Gasteiger partial charge in [-0.3, -0.25) is 0 Å². The summed E-state index contributed by atoms with van der Waals surface area (Å²) in [6, 6.07) is 25.3. The van der Waals surface area contributed by atoms with Gasteiger partial charge in [0.2, 0.25) is 0 Å². The number of hydrogen-bond acceptors (Lipinski definition) is 13. The van der Waals surface area contributed by atoms with Gasteiger partial charge in [-0.1, -0.05) is 68.1 Å². The lowest BCUT2D eigenvalue weighted by Gasteiger charge is -2.32. The molecule has 0 bridgehead atoms. The molecule has 4 aliphatic heterocycles. The molecule has 0 N–H and O–H groups in total. The monoisotopic (exact) mass is 1070 g/mol. The number of halogens is 3. The Bertz CT molecular complexity index is 3070. The predicted octanol–water partition coefficient (Wildman–Crippen LogP) is 12.2. The van der Waals surface area contributed by atoms with E-state index in [-0.39, 0.29) is 48.2 Å². The van der Waals surface area contributed by atoms with Gasteiger partial charge in [-0.15, -0.1) is 0 Å². The van der Waals surface area contributed by atoms with E-state index in [9.17, 15) is 21.6 Å². The Morgan fingerprint density at radius 3 is 1.22 bits per heavy atom. The van der Waals surface area contributed by atoms with E-state index in [0.717, 1.165) is 49.5 Å². The molecule has 76 heavy (non-hydrogen) atoms. The summed E-state index contributed by atoms with van der Waals surface area (Å²) >= 11 is 0. The van der Waals surface area contributed by atoms with Crippen LogP contribution in [0.15, 0.2) is 106 Å². The van der Waals surface area contributed by atoms with Crippen LogP contribution in [-0.2, 0) is 47.4 Å². The van der Waals surface area contributed by atoms with Crippen molar-refractivity contribution >= 4 is 71.2 Å². The maximum atomic E-state index is 12.3. The summed E-state index contributed by atoms with van der Waals surface area (Å²) in [5.41, 5.74) is -0.349. The number of hydrogen-bond donors (Lipinski definition) is 0. The van der Waals surface area contributed by atoms with Gasteiger partial charge in [-0.25, -0.2) is 0 Å². The van der Waals surface area contributed by atoms with Crippen LogP contribution in [0.2, 0.25) is 0 Å². The van der Waals surface area contributed by atoms with Gasteiger partial charge in [-0.2, -0.15) is 21.6 Å². The van der Waals surface area contributed by atoms with Crippen LogP contribution in [0.5, 0.6) is 5.75 Å².